The highest BCUT2D eigenvalue weighted by atomic mass is 16.4. The molecule has 0 aliphatic rings. The molecule has 0 saturated heterocycles. The van der Waals surface area contributed by atoms with E-state index in [0.29, 0.717) is 17.5 Å². The van der Waals surface area contributed by atoms with Gasteiger partial charge in [-0.1, -0.05) is 19.9 Å². The van der Waals surface area contributed by atoms with Gasteiger partial charge in [-0.3, -0.25) is 0 Å². The number of carboxylic acid groups (broad SMARTS) is 2. The van der Waals surface area contributed by atoms with Crippen molar-refractivity contribution in [3.05, 3.63) is 33.9 Å². The number of aromatic carboxylic acids is 2. The van der Waals surface area contributed by atoms with Crippen LogP contribution in [0.1, 0.15) is 51.3 Å². The molecule has 2 N–H and O–H groups in total. The lowest BCUT2D eigenvalue weighted by molar-refractivity contribution is 0.0649. The van der Waals surface area contributed by atoms with Gasteiger partial charge in [0.15, 0.2) is 0 Å². The molecule has 0 unspecified atom stereocenters. The van der Waals surface area contributed by atoms with Crippen LogP contribution < -0.4 is 0 Å². The summed E-state index contributed by atoms with van der Waals surface area (Å²) in [7, 11) is 0. The minimum Gasteiger partial charge on any atom is -0.478 e. The lowest BCUT2D eigenvalue weighted by Crippen LogP contribution is -2.15. The first-order valence-corrected chi connectivity index (χ1v) is 5.85. The maximum Gasteiger partial charge on any atom is 0.336 e. The van der Waals surface area contributed by atoms with Gasteiger partial charge in [0.25, 0.3) is 0 Å². The van der Waals surface area contributed by atoms with E-state index in [4.69, 9.17) is 0 Å². The zero-order valence-electron chi connectivity index (χ0n) is 11.1. The van der Waals surface area contributed by atoms with E-state index in [-0.39, 0.29) is 17.0 Å². The summed E-state index contributed by atoms with van der Waals surface area (Å²) in [5, 5.41) is 18.5. The normalized spacial score (nSPS) is 10.7. The van der Waals surface area contributed by atoms with E-state index in [9.17, 15) is 19.8 Å². The van der Waals surface area contributed by atoms with E-state index in [1.807, 2.05) is 13.8 Å². The van der Waals surface area contributed by atoms with E-state index in [2.05, 4.69) is 0 Å². The maximum absolute atomic E-state index is 11.3. The average molecular weight is 250 g/mol. The number of hydrogen-bond donors (Lipinski definition) is 2. The monoisotopic (exact) mass is 250 g/mol. The van der Waals surface area contributed by atoms with Gasteiger partial charge >= 0.3 is 11.9 Å². The molecule has 98 valence electrons. The van der Waals surface area contributed by atoms with Crippen molar-refractivity contribution in [2.75, 3.05) is 0 Å². The van der Waals surface area contributed by atoms with Crippen molar-refractivity contribution >= 4 is 11.9 Å². The Morgan fingerprint density at radius 3 is 2.00 bits per heavy atom. The van der Waals surface area contributed by atoms with Crippen LogP contribution in [0.3, 0.4) is 0 Å². The van der Waals surface area contributed by atoms with Gasteiger partial charge in [-0.2, -0.15) is 0 Å². The third kappa shape index (κ3) is 2.70. The van der Waals surface area contributed by atoms with Gasteiger partial charge in [-0.15, -0.1) is 0 Å². The number of rotatable bonds is 4. The Morgan fingerprint density at radius 2 is 1.61 bits per heavy atom. The van der Waals surface area contributed by atoms with E-state index in [0.717, 1.165) is 5.56 Å². The summed E-state index contributed by atoms with van der Waals surface area (Å²) >= 11 is 0. The third-order valence-corrected chi connectivity index (χ3v) is 2.98. The van der Waals surface area contributed by atoms with Gasteiger partial charge in [0, 0.05) is 0 Å². The van der Waals surface area contributed by atoms with Gasteiger partial charge in [0.1, 0.15) is 0 Å². The standard InChI is InChI=1S/C14H18O4/c1-7(2)5-10-6-8(3)9(4)11(13(15)16)12(10)14(17)18/h6-7H,5H2,1-4H3,(H,15,16)(H,17,18). The summed E-state index contributed by atoms with van der Waals surface area (Å²) in [6, 6.07) is 1.78. The van der Waals surface area contributed by atoms with Crippen LogP contribution in [0.25, 0.3) is 0 Å². The number of hydrogen-bond acceptors (Lipinski definition) is 2. The summed E-state index contributed by atoms with van der Waals surface area (Å²) in [6.07, 6.45) is 0.559. The third-order valence-electron chi connectivity index (χ3n) is 2.98. The summed E-state index contributed by atoms with van der Waals surface area (Å²) in [5.41, 5.74) is 1.77. The summed E-state index contributed by atoms with van der Waals surface area (Å²) < 4.78 is 0. The highest BCUT2D eigenvalue weighted by Gasteiger charge is 2.24. The van der Waals surface area contributed by atoms with E-state index >= 15 is 0 Å². The molecule has 0 spiro atoms. The summed E-state index contributed by atoms with van der Waals surface area (Å²) in [6.45, 7) is 7.39. The molecule has 0 aromatic heterocycles. The van der Waals surface area contributed by atoms with Gasteiger partial charge in [-0.25, -0.2) is 9.59 Å². The van der Waals surface area contributed by atoms with Crippen molar-refractivity contribution < 1.29 is 19.8 Å². The molecule has 1 aromatic rings. The second kappa shape index (κ2) is 5.21. The van der Waals surface area contributed by atoms with Crippen LogP contribution in [0, 0.1) is 19.8 Å². The Labute approximate surface area is 106 Å². The molecule has 1 rings (SSSR count). The molecule has 1 aromatic carbocycles. The van der Waals surface area contributed by atoms with E-state index in [1.54, 1.807) is 19.9 Å². The van der Waals surface area contributed by atoms with Crippen LogP contribution >= 0.6 is 0 Å². The fourth-order valence-corrected chi connectivity index (χ4v) is 2.10. The van der Waals surface area contributed by atoms with E-state index < -0.39 is 11.9 Å². The van der Waals surface area contributed by atoms with Crippen molar-refractivity contribution in [1.82, 2.24) is 0 Å². The Bertz CT molecular complexity index is 501. The average Bonchev–Trinajstić information content (AvgIpc) is 2.20. The molecule has 0 radical (unpaired) electrons. The van der Waals surface area contributed by atoms with Crippen LogP contribution in [-0.4, -0.2) is 22.2 Å². The number of benzene rings is 1. The van der Waals surface area contributed by atoms with Crippen molar-refractivity contribution in [3.8, 4) is 0 Å². The van der Waals surface area contributed by atoms with Crippen LogP contribution in [0.2, 0.25) is 0 Å². The predicted molar refractivity (Wildman–Crippen MR) is 68.4 cm³/mol. The van der Waals surface area contributed by atoms with Gasteiger partial charge in [0.05, 0.1) is 11.1 Å². The Morgan fingerprint density at radius 1 is 1.11 bits per heavy atom. The van der Waals surface area contributed by atoms with Crippen LogP contribution in [0.15, 0.2) is 6.07 Å². The molecule has 0 amide bonds. The van der Waals surface area contributed by atoms with Gasteiger partial charge < -0.3 is 10.2 Å². The van der Waals surface area contributed by atoms with Gasteiger partial charge in [-0.05, 0) is 42.9 Å². The minimum absolute atomic E-state index is 0.0701. The van der Waals surface area contributed by atoms with E-state index in [1.165, 1.54) is 0 Å². The Balaban J connectivity index is 3.62. The van der Waals surface area contributed by atoms with Crippen molar-refractivity contribution in [2.45, 2.75) is 34.1 Å². The molecular weight excluding hydrogens is 232 g/mol. The fraction of sp³-hybridized carbons (Fsp3) is 0.429. The van der Waals surface area contributed by atoms with Crippen LogP contribution in [-0.2, 0) is 6.42 Å². The molecular formula is C14H18O4. The molecule has 0 bridgehead atoms. The number of aryl methyl sites for hydroxylation is 1. The summed E-state index contributed by atoms with van der Waals surface area (Å²) in [5.74, 6) is -2.09. The van der Waals surface area contributed by atoms with Gasteiger partial charge in [0.2, 0.25) is 0 Å². The lowest BCUT2D eigenvalue weighted by atomic mass is 9.89. The first kappa shape index (κ1) is 14.2. The maximum atomic E-state index is 11.3. The SMILES string of the molecule is Cc1cc(CC(C)C)c(C(=O)O)c(C(=O)O)c1C. The molecule has 0 saturated carbocycles. The molecule has 18 heavy (non-hydrogen) atoms. The Kier molecular flexibility index (Phi) is 4.11. The second-order valence-electron chi connectivity index (χ2n) is 4.94. The molecule has 0 aliphatic heterocycles. The highest BCUT2D eigenvalue weighted by molar-refractivity contribution is 6.04. The first-order chi connectivity index (χ1) is 8.25. The lowest BCUT2D eigenvalue weighted by Gasteiger charge is -2.15. The molecule has 4 heteroatoms. The predicted octanol–water partition coefficient (Wildman–Crippen LogP) is 2.90. The smallest absolute Gasteiger partial charge is 0.336 e. The molecule has 0 fully saturated rings. The largest absolute Gasteiger partial charge is 0.478 e. The highest BCUT2D eigenvalue weighted by Crippen LogP contribution is 2.25. The second-order valence-corrected chi connectivity index (χ2v) is 4.94. The fourth-order valence-electron chi connectivity index (χ4n) is 2.10. The van der Waals surface area contributed by atoms with Crippen molar-refractivity contribution in [2.24, 2.45) is 5.92 Å². The molecule has 0 atom stereocenters. The molecule has 0 aliphatic carbocycles. The summed E-state index contributed by atoms with van der Waals surface area (Å²) in [4.78, 5) is 22.6. The number of carboxylic acids is 2. The van der Waals surface area contributed by atoms with Crippen molar-refractivity contribution in [1.29, 1.82) is 0 Å². The first-order valence-electron chi connectivity index (χ1n) is 5.85. The Hall–Kier alpha value is -1.84. The zero-order valence-corrected chi connectivity index (χ0v) is 11.1. The van der Waals surface area contributed by atoms with Crippen LogP contribution in [0.5, 0.6) is 0 Å². The van der Waals surface area contributed by atoms with Crippen LogP contribution in [0.4, 0.5) is 0 Å². The quantitative estimate of drug-likeness (QED) is 0.861. The minimum atomic E-state index is -1.18. The molecule has 0 heterocycles. The molecule has 4 nitrogen and oxygen atoms in total. The number of carbonyl (C=O) groups is 2. The van der Waals surface area contributed by atoms with Crippen molar-refractivity contribution in [3.63, 3.8) is 0 Å². The topological polar surface area (TPSA) is 74.6 Å². The zero-order chi connectivity index (χ0) is 14.0.